The Labute approximate surface area is 197 Å². The van der Waals surface area contributed by atoms with Gasteiger partial charge in [0.1, 0.15) is 0 Å². The average Bonchev–Trinajstić information content (AvgIpc) is 3.00. The van der Waals surface area contributed by atoms with Crippen molar-refractivity contribution in [2.24, 2.45) is 0 Å². The quantitative estimate of drug-likeness (QED) is 0.390. The van der Waals surface area contributed by atoms with Crippen molar-refractivity contribution >= 4 is 29.3 Å². The van der Waals surface area contributed by atoms with Gasteiger partial charge in [-0.1, -0.05) is 78.5 Å². The highest BCUT2D eigenvalue weighted by Crippen LogP contribution is 2.39. The first-order chi connectivity index (χ1) is 16.2. The Kier molecular flexibility index (Phi) is 5.96. The monoisotopic (exact) mass is 450 g/mol. The molecule has 1 aliphatic heterocycles. The number of hydrogen-bond acceptors (Lipinski definition) is 3. The topological polar surface area (TPSA) is 58.2 Å². The van der Waals surface area contributed by atoms with E-state index in [1.54, 1.807) is 12.1 Å². The Morgan fingerprint density at radius 3 is 2.33 bits per heavy atom. The molecule has 1 heterocycles. The van der Waals surface area contributed by atoms with Gasteiger partial charge in [0.2, 0.25) is 0 Å². The summed E-state index contributed by atoms with van der Waals surface area (Å²) in [6.07, 6.45) is 0.744. The lowest BCUT2D eigenvalue weighted by Gasteiger charge is -2.10. The van der Waals surface area contributed by atoms with Gasteiger partial charge in [0.25, 0.3) is 11.8 Å². The van der Waals surface area contributed by atoms with E-state index in [0.29, 0.717) is 23.4 Å². The zero-order valence-electron chi connectivity index (χ0n) is 17.9. The molecule has 0 aromatic heterocycles. The number of amides is 2. The Morgan fingerprint density at radius 1 is 0.788 bits per heavy atom. The third-order valence-electron chi connectivity index (χ3n) is 5.60. The predicted molar refractivity (Wildman–Crippen MR) is 133 cm³/mol. The Morgan fingerprint density at radius 2 is 1.52 bits per heavy atom. The molecule has 0 bridgehead atoms. The largest absolute Gasteiger partial charge is 0.352 e. The Balaban J connectivity index is 1.21. The van der Waals surface area contributed by atoms with E-state index >= 15 is 0 Å². The van der Waals surface area contributed by atoms with E-state index in [-0.39, 0.29) is 11.8 Å². The fourth-order valence-corrected chi connectivity index (χ4v) is 4.84. The average molecular weight is 451 g/mol. The standard InChI is InChI=1S/C28H22N2O2S/c31-27(29-17-16-19-10-12-21(13-11-19)20-6-2-1-3-7-20)22-14-15-26-24(18-22)30-28(32)23-8-4-5-9-25(23)33-26/h1-15,18H,16-17H2,(H,29,31)(H,30,32). The summed E-state index contributed by atoms with van der Waals surface area (Å²) in [6, 6.07) is 31.6. The van der Waals surface area contributed by atoms with Gasteiger partial charge < -0.3 is 10.6 Å². The number of hydrogen-bond donors (Lipinski definition) is 2. The first-order valence-corrected chi connectivity index (χ1v) is 11.6. The van der Waals surface area contributed by atoms with Crippen LogP contribution in [-0.2, 0) is 6.42 Å². The van der Waals surface area contributed by atoms with Gasteiger partial charge in [0, 0.05) is 21.9 Å². The number of rotatable bonds is 5. The van der Waals surface area contributed by atoms with Crippen LogP contribution in [0, 0.1) is 0 Å². The molecule has 33 heavy (non-hydrogen) atoms. The third kappa shape index (κ3) is 4.69. The number of fused-ring (bicyclic) bond motifs is 2. The van der Waals surface area contributed by atoms with Crippen LogP contribution in [0.3, 0.4) is 0 Å². The molecule has 2 N–H and O–H groups in total. The van der Waals surface area contributed by atoms with Gasteiger partial charge in [0.05, 0.1) is 11.3 Å². The van der Waals surface area contributed by atoms with Gasteiger partial charge in [-0.15, -0.1) is 0 Å². The molecule has 0 saturated heterocycles. The lowest BCUT2D eigenvalue weighted by atomic mass is 10.0. The molecule has 0 fully saturated rings. The van der Waals surface area contributed by atoms with Crippen molar-refractivity contribution in [3.63, 3.8) is 0 Å². The summed E-state index contributed by atoms with van der Waals surface area (Å²) in [6.45, 7) is 0.535. The van der Waals surface area contributed by atoms with E-state index in [2.05, 4.69) is 47.0 Å². The van der Waals surface area contributed by atoms with Crippen molar-refractivity contribution in [2.75, 3.05) is 11.9 Å². The highest BCUT2D eigenvalue weighted by Gasteiger charge is 2.20. The molecule has 0 radical (unpaired) electrons. The van der Waals surface area contributed by atoms with Crippen molar-refractivity contribution in [2.45, 2.75) is 16.2 Å². The minimum atomic E-state index is -0.159. The maximum Gasteiger partial charge on any atom is 0.256 e. The zero-order valence-corrected chi connectivity index (χ0v) is 18.7. The maximum absolute atomic E-state index is 12.7. The summed E-state index contributed by atoms with van der Waals surface area (Å²) in [5.74, 6) is -0.312. The fraction of sp³-hybridized carbons (Fsp3) is 0.0714. The highest BCUT2D eigenvalue weighted by atomic mass is 32.2. The molecule has 0 aliphatic carbocycles. The van der Waals surface area contributed by atoms with E-state index in [0.717, 1.165) is 16.2 Å². The number of nitrogens with one attached hydrogen (secondary N) is 2. The van der Waals surface area contributed by atoms with Crippen LogP contribution in [0.4, 0.5) is 5.69 Å². The first-order valence-electron chi connectivity index (χ1n) is 10.8. The van der Waals surface area contributed by atoms with Crippen LogP contribution in [0.2, 0.25) is 0 Å². The second-order valence-electron chi connectivity index (χ2n) is 7.83. The second kappa shape index (κ2) is 9.35. The third-order valence-corrected chi connectivity index (χ3v) is 6.75. The molecular weight excluding hydrogens is 428 g/mol. The maximum atomic E-state index is 12.7. The molecule has 5 heteroatoms. The van der Waals surface area contributed by atoms with Crippen LogP contribution in [0.5, 0.6) is 0 Å². The molecule has 4 aromatic carbocycles. The summed E-state index contributed by atoms with van der Waals surface area (Å²) in [7, 11) is 0. The highest BCUT2D eigenvalue weighted by molar-refractivity contribution is 7.99. The SMILES string of the molecule is O=C(NCCc1ccc(-c2ccccc2)cc1)c1ccc2c(c1)NC(=O)c1ccccc1S2. The van der Waals surface area contributed by atoms with Crippen LogP contribution in [0.25, 0.3) is 11.1 Å². The van der Waals surface area contributed by atoms with Crippen molar-refractivity contribution in [3.05, 3.63) is 114 Å². The smallest absolute Gasteiger partial charge is 0.256 e. The van der Waals surface area contributed by atoms with Crippen molar-refractivity contribution in [3.8, 4) is 11.1 Å². The van der Waals surface area contributed by atoms with Gasteiger partial charge in [-0.2, -0.15) is 0 Å². The normalized spacial score (nSPS) is 12.2. The zero-order chi connectivity index (χ0) is 22.6. The van der Waals surface area contributed by atoms with Crippen molar-refractivity contribution < 1.29 is 9.59 Å². The Hall–Kier alpha value is -3.83. The molecule has 0 spiro atoms. The minimum absolute atomic E-state index is 0.153. The molecular formula is C28H22N2O2S. The minimum Gasteiger partial charge on any atom is -0.352 e. The van der Waals surface area contributed by atoms with Gasteiger partial charge >= 0.3 is 0 Å². The summed E-state index contributed by atoms with van der Waals surface area (Å²) in [4.78, 5) is 27.1. The van der Waals surface area contributed by atoms with Gasteiger partial charge in [0.15, 0.2) is 0 Å². The molecule has 4 nitrogen and oxygen atoms in total. The molecule has 5 rings (SSSR count). The van der Waals surface area contributed by atoms with Gasteiger partial charge in [-0.05, 0) is 53.4 Å². The summed E-state index contributed by atoms with van der Waals surface area (Å²) >= 11 is 1.53. The van der Waals surface area contributed by atoms with Gasteiger partial charge in [-0.3, -0.25) is 9.59 Å². The second-order valence-corrected chi connectivity index (χ2v) is 8.92. The first kappa shape index (κ1) is 21.0. The van der Waals surface area contributed by atoms with E-state index in [9.17, 15) is 9.59 Å². The van der Waals surface area contributed by atoms with Crippen molar-refractivity contribution in [1.29, 1.82) is 0 Å². The number of benzene rings is 4. The Bertz CT molecular complexity index is 1320. The van der Waals surface area contributed by atoms with E-state index < -0.39 is 0 Å². The van der Waals surface area contributed by atoms with Crippen LogP contribution < -0.4 is 10.6 Å². The van der Waals surface area contributed by atoms with Gasteiger partial charge in [-0.25, -0.2) is 0 Å². The number of carbonyl (C=O) groups excluding carboxylic acids is 2. The van der Waals surface area contributed by atoms with Crippen LogP contribution in [-0.4, -0.2) is 18.4 Å². The molecule has 1 aliphatic rings. The number of anilines is 1. The lowest BCUT2D eigenvalue weighted by Crippen LogP contribution is -2.25. The van der Waals surface area contributed by atoms with E-state index in [1.807, 2.05) is 48.5 Å². The molecule has 0 unspecified atom stereocenters. The summed E-state index contributed by atoms with van der Waals surface area (Å²) in [5, 5.41) is 5.92. The van der Waals surface area contributed by atoms with E-state index in [4.69, 9.17) is 0 Å². The molecule has 2 amide bonds. The molecule has 162 valence electrons. The predicted octanol–water partition coefficient (Wildman–Crippen LogP) is 6.04. The molecule has 4 aromatic rings. The molecule has 0 saturated carbocycles. The van der Waals surface area contributed by atoms with Crippen LogP contribution in [0.15, 0.2) is 107 Å². The summed E-state index contributed by atoms with van der Waals surface area (Å²) < 4.78 is 0. The van der Waals surface area contributed by atoms with Crippen molar-refractivity contribution in [1.82, 2.24) is 5.32 Å². The van der Waals surface area contributed by atoms with Crippen LogP contribution >= 0.6 is 11.8 Å². The fourth-order valence-electron chi connectivity index (χ4n) is 3.83. The lowest BCUT2D eigenvalue weighted by molar-refractivity contribution is 0.0952. The summed E-state index contributed by atoms with van der Waals surface area (Å²) in [5.41, 5.74) is 5.36. The molecule has 0 atom stereocenters. The van der Waals surface area contributed by atoms with E-state index in [1.165, 1.54) is 28.5 Å². The number of carbonyl (C=O) groups is 2. The van der Waals surface area contributed by atoms with Crippen LogP contribution in [0.1, 0.15) is 26.3 Å².